The summed E-state index contributed by atoms with van der Waals surface area (Å²) in [7, 11) is 0. The minimum absolute atomic E-state index is 0.0849. The Hall–Kier alpha value is -1.95. The summed E-state index contributed by atoms with van der Waals surface area (Å²) in [6.07, 6.45) is 1.45. The van der Waals surface area contributed by atoms with E-state index in [1.807, 2.05) is 24.3 Å². The third-order valence-corrected chi connectivity index (χ3v) is 2.67. The average molecular weight is 294 g/mol. The van der Waals surface area contributed by atoms with E-state index < -0.39 is 5.97 Å². The van der Waals surface area contributed by atoms with Crippen LogP contribution in [0.4, 0.5) is 5.82 Å². The number of carboxylic acids is 1. The average Bonchev–Trinajstić information content (AvgIpc) is 2.30. The quantitative estimate of drug-likeness (QED) is 0.886. The van der Waals surface area contributed by atoms with E-state index in [2.05, 4.69) is 25.9 Å². The van der Waals surface area contributed by atoms with E-state index in [9.17, 15) is 4.79 Å². The van der Waals surface area contributed by atoms with Gasteiger partial charge in [0.25, 0.3) is 0 Å². The molecule has 17 heavy (non-hydrogen) atoms. The molecule has 0 aliphatic heterocycles. The lowest BCUT2D eigenvalue weighted by Crippen LogP contribution is -2.08. The van der Waals surface area contributed by atoms with E-state index in [-0.39, 0.29) is 11.5 Å². The Balaban J connectivity index is 2.50. The van der Waals surface area contributed by atoms with Crippen molar-refractivity contribution in [2.75, 3.05) is 5.73 Å². The fourth-order valence-corrected chi connectivity index (χ4v) is 1.58. The van der Waals surface area contributed by atoms with Crippen molar-refractivity contribution in [2.45, 2.75) is 0 Å². The van der Waals surface area contributed by atoms with E-state index in [1.54, 1.807) is 0 Å². The summed E-state index contributed by atoms with van der Waals surface area (Å²) in [4.78, 5) is 18.7. The lowest BCUT2D eigenvalue weighted by molar-refractivity contribution is 0.0691. The van der Waals surface area contributed by atoms with Gasteiger partial charge >= 0.3 is 5.97 Å². The first-order chi connectivity index (χ1) is 8.08. The number of hydrogen-bond acceptors (Lipinski definition) is 4. The van der Waals surface area contributed by atoms with E-state index in [0.29, 0.717) is 5.69 Å². The molecule has 3 N–H and O–H groups in total. The summed E-state index contributed by atoms with van der Waals surface area (Å²) in [6, 6.07) is 7.31. The maximum absolute atomic E-state index is 10.9. The number of carbonyl (C=O) groups is 1. The van der Waals surface area contributed by atoms with Crippen molar-refractivity contribution < 1.29 is 9.90 Å². The van der Waals surface area contributed by atoms with Crippen molar-refractivity contribution in [2.24, 2.45) is 0 Å². The number of nitrogens with two attached hydrogens (primary N) is 1. The Kier molecular flexibility index (Phi) is 3.06. The number of aromatic carboxylic acids is 1. The second-order valence-corrected chi connectivity index (χ2v) is 4.22. The summed E-state index contributed by atoms with van der Waals surface area (Å²) < 4.78 is 0.933. The zero-order chi connectivity index (χ0) is 12.4. The molecule has 86 valence electrons. The number of rotatable bonds is 2. The standard InChI is InChI=1S/C11H8BrN3O2/c12-7-3-1-6(2-4-7)8-5-14-10(13)9(15-8)11(16)17/h1-5H,(H2,13,14)(H,16,17). The molecule has 0 aliphatic rings. The molecule has 0 unspecified atom stereocenters. The van der Waals surface area contributed by atoms with Gasteiger partial charge in [0.2, 0.25) is 0 Å². The number of anilines is 1. The van der Waals surface area contributed by atoms with Gasteiger partial charge < -0.3 is 10.8 Å². The Labute approximate surface area is 105 Å². The third kappa shape index (κ3) is 2.42. The summed E-state index contributed by atoms with van der Waals surface area (Å²) in [5.74, 6) is -1.27. The van der Waals surface area contributed by atoms with Crippen molar-refractivity contribution in [1.82, 2.24) is 9.97 Å². The van der Waals surface area contributed by atoms with Crippen LogP contribution in [0.15, 0.2) is 34.9 Å². The molecule has 5 nitrogen and oxygen atoms in total. The molecule has 0 atom stereocenters. The van der Waals surface area contributed by atoms with E-state index in [0.717, 1.165) is 10.0 Å². The third-order valence-electron chi connectivity index (χ3n) is 2.14. The van der Waals surface area contributed by atoms with Gasteiger partial charge in [0, 0.05) is 10.0 Å². The van der Waals surface area contributed by atoms with Gasteiger partial charge in [-0.15, -0.1) is 0 Å². The number of aromatic nitrogens is 2. The van der Waals surface area contributed by atoms with Crippen LogP contribution in [0.2, 0.25) is 0 Å². The Morgan fingerprint density at radius 1 is 1.29 bits per heavy atom. The smallest absolute Gasteiger partial charge is 0.358 e. The molecule has 0 radical (unpaired) electrons. The van der Waals surface area contributed by atoms with Gasteiger partial charge in [-0.25, -0.2) is 14.8 Å². The van der Waals surface area contributed by atoms with Crippen molar-refractivity contribution in [3.63, 3.8) is 0 Å². The lowest BCUT2D eigenvalue weighted by Gasteiger charge is -2.03. The van der Waals surface area contributed by atoms with Crippen LogP contribution in [0.1, 0.15) is 10.5 Å². The van der Waals surface area contributed by atoms with Crippen LogP contribution in [0.3, 0.4) is 0 Å². The molecule has 0 fully saturated rings. The van der Waals surface area contributed by atoms with Gasteiger partial charge in [0.1, 0.15) is 0 Å². The number of halogens is 1. The minimum Gasteiger partial charge on any atom is -0.476 e. The molecule has 1 heterocycles. The van der Waals surface area contributed by atoms with Gasteiger partial charge in [-0.3, -0.25) is 0 Å². The second-order valence-electron chi connectivity index (χ2n) is 3.30. The van der Waals surface area contributed by atoms with Gasteiger partial charge in [-0.05, 0) is 12.1 Å². The molecule has 0 bridgehead atoms. The van der Waals surface area contributed by atoms with Crippen LogP contribution in [0.5, 0.6) is 0 Å². The van der Waals surface area contributed by atoms with Crippen LogP contribution < -0.4 is 5.73 Å². The topological polar surface area (TPSA) is 89.1 Å². The Morgan fingerprint density at radius 3 is 2.53 bits per heavy atom. The highest BCUT2D eigenvalue weighted by Gasteiger charge is 2.12. The largest absolute Gasteiger partial charge is 0.476 e. The predicted octanol–water partition coefficient (Wildman–Crippen LogP) is 2.19. The Morgan fingerprint density at radius 2 is 1.94 bits per heavy atom. The second kappa shape index (κ2) is 4.50. The number of nitrogen functional groups attached to an aromatic ring is 1. The molecule has 1 aromatic heterocycles. The van der Waals surface area contributed by atoms with Gasteiger partial charge in [-0.2, -0.15) is 0 Å². The van der Waals surface area contributed by atoms with E-state index in [1.165, 1.54) is 6.20 Å². The molecular formula is C11H8BrN3O2. The molecule has 2 rings (SSSR count). The highest BCUT2D eigenvalue weighted by Crippen LogP contribution is 2.20. The number of benzene rings is 1. The highest BCUT2D eigenvalue weighted by molar-refractivity contribution is 9.10. The monoisotopic (exact) mass is 293 g/mol. The maximum atomic E-state index is 10.9. The summed E-state index contributed by atoms with van der Waals surface area (Å²) in [5.41, 5.74) is 6.46. The summed E-state index contributed by atoms with van der Waals surface area (Å²) >= 11 is 3.32. The maximum Gasteiger partial charge on any atom is 0.358 e. The fraction of sp³-hybridized carbons (Fsp3) is 0. The molecule has 6 heteroatoms. The zero-order valence-electron chi connectivity index (χ0n) is 8.59. The van der Waals surface area contributed by atoms with Crippen molar-refractivity contribution >= 4 is 27.7 Å². The van der Waals surface area contributed by atoms with Crippen LogP contribution in [-0.4, -0.2) is 21.0 Å². The Bertz CT molecular complexity index is 569. The summed E-state index contributed by atoms with van der Waals surface area (Å²) in [5, 5.41) is 8.89. The normalized spacial score (nSPS) is 10.2. The van der Waals surface area contributed by atoms with Crippen molar-refractivity contribution in [3.05, 3.63) is 40.6 Å². The molecular weight excluding hydrogens is 286 g/mol. The van der Waals surface area contributed by atoms with Crippen LogP contribution in [-0.2, 0) is 0 Å². The number of nitrogens with zero attached hydrogens (tertiary/aromatic N) is 2. The minimum atomic E-state index is -1.19. The van der Waals surface area contributed by atoms with Crippen molar-refractivity contribution in [3.8, 4) is 11.3 Å². The van der Waals surface area contributed by atoms with E-state index in [4.69, 9.17) is 10.8 Å². The first kappa shape index (κ1) is 11.5. The molecule has 2 aromatic rings. The van der Waals surface area contributed by atoms with Gasteiger partial charge in [0.05, 0.1) is 11.9 Å². The first-order valence-electron chi connectivity index (χ1n) is 4.69. The van der Waals surface area contributed by atoms with E-state index >= 15 is 0 Å². The summed E-state index contributed by atoms with van der Waals surface area (Å²) in [6.45, 7) is 0. The number of hydrogen-bond donors (Lipinski definition) is 2. The lowest BCUT2D eigenvalue weighted by atomic mass is 10.1. The fourth-order valence-electron chi connectivity index (χ4n) is 1.32. The molecule has 0 spiro atoms. The first-order valence-corrected chi connectivity index (χ1v) is 5.49. The zero-order valence-corrected chi connectivity index (χ0v) is 10.2. The SMILES string of the molecule is Nc1ncc(-c2ccc(Br)cc2)nc1C(=O)O. The van der Waals surface area contributed by atoms with Crippen LogP contribution in [0.25, 0.3) is 11.3 Å². The molecule has 0 saturated carbocycles. The molecule has 0 aliphatic carbocycles. The van der Waals surface area contributed by atoms with Gasteiger partial charge in [0.15, 0.2) is 11.5 Å². The van der Waals surface area contributed by atoms with Gasteiger partial charge in [-0.1, -0.05) is 28.1 Å². The molecule has 1 aromatic carbocycles. The molecule has 0 saturated heterocycles. The molecule has 0 amide bonds. The van der Waals surface area contributed by atoms with Crippen molar-refractivity contribution in [1.29, 1.82) is 0 Å². The van der Waals surface area contributed by atoms with Crippen LogP contribution in [0, 0.1) is 0 Å². The number of carboxylic acid groups (broad SMARTS) is 1. The predicted molar refractivity (Wildman–Crippen MR) is 66.5 cm³/mol. The highest BCUT2D eigenvalue weighted by atomic mass is 79.9. The van der Waals surface area contributed by atoms with Crippen LogP contribution >= 0.6 is 15.9 Å².